The molecule has 0 unspecified atom stereocenters. The van der Waals surface area contributed by atoms with Gasteiger partial charge in [0.05, 0.1) is 18.8 Å². The number of carbonyl (C=O) groups excluding carboxylic acids is 1. The van der Waals surface area contributed by atoms with Crippen LogP contribution in [0.15, 0.2) is 12.7 Å². The highest BCUT2D eigenvalue weighted by atomic mass is 16.5. The van der Waals surface area contributed by atoms with Gasteiger partial charge in [-0.1, -0.05) is 6.08 Å². The quantitative estimate of drug-likeness (QED) is 0.692. The molecule has 1 atom stereocenters. The molecule has 0 saturated carbocycles. The summed E-state index contributed by atoms with van der Waals surface area (Å²) in [4.78, 5) is 14.1. The molecular formula is C15H25NO3. The summed E-state index contributed by atoms with van der Waals surface area (Å²) < 4.78 is 11.2. The number of ether oxygens (including phenoxy) is 2. The highest BCUT2D eigenvalue weighted by molar-refractivity contribution is 5.76. The van der Waals surface area contributed by atoms with Gasteiger partial charge in [-0.3, -0.25) is 4.79 Å². The lowest BCUT2D eigenvalue weighted by molar-refractivity contribution is -0.134. The molecule has 1 amide bonds. The Morgan fingerprint density at radius 1 is 1.37 bits per heavy atom. The van der Waals surface area contributed by atoms with E-state index in [9.17, 15) is 4.79 Å². The van der Waals surface area contributed by atoms with Crippen molar-refractivity contribution < 1.29 is 14.3 Å². The summed E-state index contributed by atoms with van der Waals surface area (Å²) >= 11 is 0. The number of hydrogen-bond donors (Lipinski definition) is 0. The highest BCUT2D eigenvalue weighted by Crippen LogP contribution is 2.19. The maximum atomic E-state index is 12.1. The second-order valence-electron chi connectivity index (χ2n) is 5.38. The van der Waals surface area contributed by atoms with E-state index in [1.165, 1.54) is 0 Å². The molecule has 108 valence electrons. The maximum Gasteiger partial charge on any atom is 0.222 e. The Morgan fingerprint density at radius 3 is 2.79 bits per heavy atom. The Labute approximate surface area is 115 Å². The lowest BCUT2D eigenvalue weighted by atomic mass is 10.1. The van der Waals surface area contributed by atoms with Crippen LogP contribution in [0, 0.1) is 0 Å². The zero-order chi connectivity index (χ0) is 13.5. The molecule has 4 nitrogen and oxygen atoms in total. The van der Waals surface area contributed by atoms with E-state index in [1.807, 2.05) is 4.90 Å². The Hall–Kier alpha value is -0.870. The number of amides is 1. The van der Waals surface area contributed by atoms with Crippen LogP contribution in [0.4, 0.5) is 0 Å². The van der Waals surface area contributed by atoms with E-state index in [1.54, 1.807) is 6.08 Å². The Kier molecular flexibility index (Phi) is 5.86. The SMILES string of the molecule is C=CCOC1CCN(C(=O)CC[C@H]2CCCO2)CC1. The molecule has 0 spiro atoms. The van der Waals surface area contributed by atoms with Crippen LogP contribution in [0.5, 0.6) is 0 Å². The van der Waals surface area contributed by atoms with Gasteiger partial charge in [0, 0.05) is 26.1 Å². The molecule has 0 aromatic carbocycles. The standard InChI is InChI=1S/C15H25NO3/c1-2-11-18-14-7-9-16(10-8-14)15(17)6-5-13-4-3-12-19-13/h2,13-14H,1,3-12H2/t13-/m1/s1. The van der Waals surface area contributed by atoms with Gasteiger partial charge >= 0.3 is 0 Å². The minimum Gasteiger partial charge on any atom is -0.378 e. The first-order chi connectivity index (χ1) is 9.29. The second-order valence-corrected chi connectivity index (χ2v) is 5.38. The minimum absolute atomic E-state index is 0.276. The average molecular weight is 267 g/mol. The zero-order valence-corrected chi connectivity index (χ0v) is 11.7. The van der Waals surface area contributed by atoms with Crippen LogP contribution in [-0.4, -0.2) is 49.3 Å². The van der Waals surface area contributed by atoms with Crippen molar-refractivity contribution in [2.24, 2.45) is 0 Å². The molecule has 2 aliphatic rings. The van der Waals surface area contributed by atoms with Crippen molar-refractivity contribution in [2.45, 2.75) is 50.7 Å². The molecule has 0 aromatic rings. The Bertz CT molecular complexity index is 292. The lowest BCUT2D eigenvalue weighted by Crippen LogP contribution is -2.41. The van der Waals surface area contributed by atoms with Gasteiger partial charge in [-0.05, 0) is 32.1 Å². The van der Waals surface area contributed by atoms with E-state index in [4.69, 9.17) is 9.47 Å². The topological polar surface area (TPSA) is 38.8 Å². The number of rotatable bonds is 6. The van der Waals surface area contributed by atoms with Crippen molar-refractivity contribution in [3.8, 4) is 0 Å². The molecule has 19 heavy (non-hydrogen) atoms. The van der Waals surface area contributed by atoms with E-state index >= 15 is 0 Å². The average Bonchev–Trinajstić information content (AvgIpc) is 2.96. The number of piperidine rings is 1. The Morgan fingerprint density at radius 2 is 2.16 bits per heavy atom. The molecule has 2 rings (SSSR count). The minimum atomic E-state index is 0.276. The van der Waals surface area contributed by atoms with Gasteiger partial charge in [-0.25, -0.2) is 0 Å². The van der Waals surface area contributed by atoms with E-state index in [-0.39, 0.29) is 5.91 Å². The molecule has 0 bridgehead atoms. The lowest BCUT2D eigenvalue weighted by Gasteiger charge is -2.32. The van der Waals surface area contributed by atoms with Crippen molar-refractivity contribution in [2.75, 3.05) is 26.3 Å². The van der Waals surface area contributed by atoms with Crippen molar-refractivity contribution in [3.63, 3.8) is 0 Å². The normalized spacial score (nSPS) is 24.6. The maximum absolute atomic E-state index is 12.1. The summed E-state index contributed by atoms with van der Waals surface area (Å²) in [5.41, 5.74) is 0. The fraction of sp³-hybridized carbons (Fsp3) is 0.800. The van der Waals surface area contributed by atoms with Crippen LogP contribution in [-0.2, 0) is 14.3 Å². The van der Waals surface area contributed by atoms with Crippen molar-refractivity contribution in [3.05, 3.63) is 12.7 Å². The largest absolute Gasteiger partial charge is 0.378 e. The van der Waals surface area contributed by atoms with Crippen LogP contribution in [0.2, 0.25) is 0 Å². The van der Waals surface area contributed by atoms with Crippen LogP contribution < -0.4 is 0 Å². The first kappa shape index (κ1) is 14.5. The summed E-state index contributed by atoms with van der Waals surface area (Å²) in [5, 5.41) is 0. The summed E-state index contributed by atoms with van der Waals surface area (Å²) in [6, 6.07) is 0. The third-order valence-corrected chi connectivity index (χ3v) is 3.95. The first-order valence-electron chi connectivity index (χ1n) is 7.41. The van der Waals surface area contributed by atoms with Crippen molar-refractivity contribution >= 4 is 5.91 Å². The predicted molar refractivity (Wildman–Crippen MR) is 74.0 cm³/mol. The summed E-state index contributed by atoms with van der Waals surface area (Å²) in [7, 11) is 0. The third kappa shape index (κ3) is 4.62. The van der Waals surface area contributed by atoms with Crippen molar-refractivity contribution in [1.82, 2.24) is 4.90 Å². The first-order valence-corrected chi connectivity index (χ1v) is 7.41. The second kappa shape index (κ2) is 7.65. The predicted octanol–water partition coefficient (Wildman–Crippen LogP) is 2.14. The molecule has 0 N–H and O–H groups in total. The number of carbonyl (C=O) groups is 1. The van der Waals surface area contributed by atoms with E-state index in [2.05, 4.69) is 6.58 Å². The Balaban J connectivity index is 1.62. The van der Waals surface area contributed by atoms with Crippen LogP contribution in [0.3, 0.4) is 0 Å². The van der Waals surface area contributed by atoms with Crippen LogP contribution in [0.1, 0.15) is 38.5 Å². The molecule has 2 fully saturated rings. The molecule has 0 radical (unpaired) electrons. The molecule has 4 heteroatoms. The summed E-state index contributed by atoms with van der Waals surface area (Å²) in [6.07, 6.45) is 8.04. The molecular weight excluding hydrogens is 242 g/mol. The molecule has 2 heterocycles. The smallest absolute Gasteiger partial charge is 0.222 e. The fourth-order valence-corrected chi connectivity index (χ4v) is 2.79. The van der Waals surface area contributed by atoms with Gasteiger partial charge in [0.1, 0.15) is 0 Å². The van der Waals surface area contributed by atoms with E-state index in [0.29, 0.717) is 25.2 Å². The molecule has 2 aliphatic heterocycles. The third-order valence-electron chi connectivity index (χ3n) is 3.95. The van der Waals surface area contributed by atoms with Gasteiger partial charge in [-0.2, -0.15) is 0 Å². The van der Waals surface area contributed by atoms with Gasteiger partial charge in [0.15, 0.2) is 0 Å². The number of nitrogens with zero attached hydrogens (tertiary/aromatic N) is 1. The zero-order valence-electron chi connectivity index (χ0n) is 11.7. The van der Waals surface area contributed by atoms with Crippen LogP contribution >= 0.6 is 0 Å². The van der Waals surface area contributed by atoms with Crippen LogP contribution in [0.25, 0.3) is 0 Å². The fourth-order valence-electron chi connectivity index (χ4n) is 2.79. The van der Waals surface area contributed by atoms with Crippen molar-refractivity contribution in [1.29, 1.82) is 0 Å². The van der Waals surface area contributed by atoms with Gasteiger partial charge < -0.3 is 14.4 Å². The van der Waals surface area contributed by atoms with Gasteiger partial charge in [0.2, 0.25) is 5.91 Å². The van der Waals surface area contributed by atoms with Gasteiger partial charge in [0.25, 0.3) is 0 Å². The number of hydrogen-bond acceptors (Lipinski definition) is 3. The van der Waals surface area contributed by atoms with E-state index in [0.717, 1.165) is 51.8 Å². The monoisotopic (exact) mass is 267 g/mol. The number of likely N-dealkylation sites (tertiary alicyclic amines) is 1. The molecule has 0 aliphatic carbocycles. The van der Waals surface area contributed by atoms with Gasteiger partial charge in [-0.15, -0.1) is 6.58 Å². The van der Waals surface area contributed by atoms with E-state index < -0.39 is 0 Å². The molecule has 2 saturated heterocycles. The summed E-state index contributed by atoms with van der Waals surface area (Å²) in [6.45, 7) is 6.77. The summed E-state index contributed by atoms with van der Waals surface area (Å²) in [5.74, 6) is 0.276. The highest BCUT2D eigenvalue weighted by Gasteiger charge is 2.24. The molecule has 0 aromatic heterocycles.